The molecule has 2 aliphatic carbocycles. The van der Waals surface area contributed by atoms with Crippen molar-refractivity contribution >= 4 is 17.5 Å². The monoisotopic (exact) mass is 378 g/mol. The van der Waals surface area contributed by atoms with Gasteiger partial charge in [-0.05, 0) is 68.2 Å². The van der Waals surface area contributed by atoms with Gasteiger partial charge in [-0.25, -0.2) is 4.99 Å². The highest BCUT2D eigenvalue weighted by atomic mass is 16.5. The maximum absolute atomic E-state index is 12.2. The second kappa shape index (κ2) is 7.84. The lowest BCUT2D eigenvalue weighted by atomic mass is 9.85. The zero-order valence-corrected chi connectivity index (χ0v) is 15.7. The zero-order valence-electron chi connectivity index (χ0n) is 15.7. The third-order valence-corrected chi connectivity index (χ3v) is 5.02. The summed E-state index contributed by atoms with van der Waals surface area (Å²) in [5.74, 6) is 1.03. The predicted molar refractivity (Wildman–Crippen MR) is 105 cm³/mol. The number of ether oxygens (including phenoxy) is 2. The summed E-state index contributed by atoms with van der Waals surface area (Å²) in [4.78, 5) is 28.5. The molecule has 6 heteroatoms. The van der Waals surface area contributed by atoms with E-state index >= 15 is 0 Å². The molecule has 0 saturated carbocycles. The molecule has 0 spiro atoms. The topological polar surface area (TPSA) is 77.0 Å². The number of hydrogen-bond donors (Lipinski definition) is 1. The van der Waals surface area contributed by atoms with Crippen LogP contribution in [-0.2, 0) is 9.59 Å². The van der Waals surface area contributed by atoms with Crippen LogP contribution in [0.5, 0.6) is 11.5 Å². The molecule has 28 heavy (non-hydrogen) atoms. The number of nitrogens with one attached hydrogen (secondary N) is 1. The van der Waals surface area contributed by atoms with E-state index < -0.39 is 0 Å². The van der Waals surface area contributed by atoms with Crippen molar-refractivity contribution in [2.75, 3.05) is 13.2 Å². The second-order valence-electron chi connectivity index (χ2n) is 6.87. The number of carbonyl (C=O) groups is 2. The summed E-state index contributed by atoms with van der Waals surface area (Å²) in [6.45, 7) is 2.36. The first-order valence-corrected chi connectivity index (χ1v) is 9.54. The van der Waals surface area contributed by atoms with Crippen LogP contribution in [-0.4, -0.2) is 30.7 Å². The van der Waals surface area contributed by atoms with E-state index in [2.05, 4.69) is 10.3 Å². The molecule has 1 aromatic rings. The van der Waals surface area contributed by atoms with Gasteiger partial charge in [0, 0.05) is 17.2 Å². The van der Waals surface area contributed by atoms with E-state index in [1.165, 1.54) is 5.57 Å². The van der Waals surface area contributed by atoms with Crippen molar-refractivity contribution in [3.05, 3.63) is 59.3 Å². The van der Waals surface area contributed by atoms with E-state index in [1.54, 1.807) is 30.3 Å². The fourth-order valence-corrected chi connectivity index (χ4v) is 3.78. The summed E-state index contributed by atoms with van der Waals surface area (Å²) in [6.07, 6.45) is 8.45. The predicted octanol–water partition coefficient (Wildman–Crippen LogP) is 3.11. The Morgan fingerprint density at radius 2 is 1.93 bits per heavy atom. The first-order chi connectivity index (χ1) is 13.6. The van der Waals surface area contributed by atoms with E-state index in [-0.39, 0.29) is 24.3 Å². The maximum atomic E-state index is 12.2. The van der Waals surface area contributed by atoms with E-state index in [1.807, 2.05) is 19.1 Å². The fourth-order valence-electron chi connectivity index (χ4n) is 3.78. The SMILES string of the molecule is CCOc1ccc(OCC(=O)N=C2C=CC3C(=C2)NC(=O)C2=C3CCC2)cc1. The quantitative estimate of drug-likeness (QED) is 0.854. The molecule has 0 saturated heterocycles. The molecule has 1 heterocycles. The molecular formula is C22H22N2O4. The molecule has 0 radical (unpaired) electrons. The third-order valence-electron chi connectivity index (χ3n) is 5.02. The average Bonchev–Trinajstić information content (AvgIpc) is 3.18. The van der Waals surface area contributed by atoms with Gasteiger partial charge in [-0.2, -0.15) is 0 Å². The molecule has 0 bridgehead atoms. The van der Waals surface area contributed by atoms with Gasteiger partial charge in [-0.3, -0.25) is 9.59 Å². The number of carbonyl (C=O) groups excluding carboxylic acids is 2. The van der Waals surface area contributed by atoms with Gasteiger partial charge in [0.1, 0.15) is 11.5 Å². The van der Waals surface area contributed by atoms with Gasteiger partial charge >= 0.3 is 0 Å². The summed E-state index contributed by atoms with van der Waals surface area (Å²) < 4.78 is 10.9. The minimum Gasteiger partial charge on any atom is -0.494 e. The Bertz CT molecular complexity index is 922. The molecule has 1 N–H and O–H groups in total. The van der Waals surface area contributed by atoms with Crippen LogP contribution in [0.3, 0.4) is 0 Å². The Hall–Kier alpha value is -3.15. The van der Waals surface area contributed by atoms with Crippen LogP contribution >= 0.6 is 0 Å². The molecule has 144 valence electrons. The average molecular weight is 378 g/mol. The van der Waals surface area contributed by atoms with Crippen molar-refractivity contribution in [3.8, 4) is 11.5 Å². The van der Waals surface area contributed by atoms with Crippen molar-refractivity contribution in [2.24, 2.45) is 10.9 Å². The second-order valence-corrected chi connectivity index (χ2v) is 6.87. The zero-order chi connectivity index (χ0) is 19.5. The van der Waals surface area contributed by atoms with Crippen LogP contribution in [0.15, 0.2) is 64.3 Å². The number of amides is 2. The van der Waals surface area contributed by atoms with E-state index in [4.69, 9.17) is 9.47 Å². The molecule has 0 fully saturated rings. The number of hydrogen-bond acceptors (Lipinski definition) is 4. The van der Waals surface area contributed by atoms with Crippen LogP contribution < -0.4 is 14.8 Å². The highest BCUT2D eigenvalue weighted by molar-refractivity contribution is 6.11. The lowest BCUT2D eigenvalue weighted by Gasteiger charge is -2.28. The van der Waals surface area contributed by atoms with Gasteiger partial charge in [0.25, 0.3) is 11.8 Å². The summed E-state index contributed by atoms with van der Waals surface area (Å²) in [5, 5.41) is 2.94. The number of fused-ring (bicyclic) bond motifs is 2. The Morgan fingerprint density at radius 3 is 2.68 bits per heavy atom. The summed E-state index contributed by atoms with van der Waals surface area (Å²) in [6, 6.07) is 7.09. The van der Waals surface area contributed by atoms with Gasteiger partial charge in [0.2, 0.25) is 0 Å². The van der Waals surface area contributed by atoms with Crippen molar-refractivity contribution in [1.82, 2.24) is 5.32 Å². The Balaban J connectivity index is 1.39. The molecule has 1 atom stereocenters. The normalized spacial score (nSPS) is 21.8. The van der Waals surface area contributed by atoms with Gasteiger partial charge in [0.05, 0.1) is 12.3 Å². The third kappa shape index (κ3) is 3.76. The van der Waals surface area contributed by atoms with Crippen molar-refractivity contribution < 1.29 is 19.1 Å². The first kappa shape index (κ1) is 18.2. The van der Waals surface area contributed by atoms with Crippen LogP contribution in [0, 0.1) is 5.92 Å². The van der Waals surface area contributed by atoms with E-state index in [0.717, 1.165) is 36.3 Å². The number of rotatable bonds is 5. The largest absolute Gasteiger partial charge is 0.494 e. The van der Waals surface area contributed by atoms with Crippen LogP contribution in [0.2, 0.25) is 0 Å². The van der Waals surface area contributed by atoms with Gasteiger partial charge in [-0.15, -0.1) is 0 Å². The van der Waals surface area contributed by atoms with Crippen molar-refractivity contribution in [1.29, 1.82) is 0 Å². The highest BCUT2D eigenvalue weighted by Crippen LogP contribution is 2.39. The lowest BCUT2D eigenvalue weighted by molar-refractivity contribution is -0.119. The minimum absolute atomic E-state index is 0.0187. The first-order valence-electron chi connectivity index (χ1n) is 9.54. The van der Waals surface area contributed by atoms with Crippen molar-refractivity contribution in [2.45, 2.75) is 26.2 Å². The van der Waals surface area contributed by atoms with Gasteiger partial charge in [0.15, 0.2) is 6.61 Å². The molecule has 1 aliphatic heterocycles. The minimum atomic E-state index is -0.383. The Morgan fingerprint density at radius 1 is 1.18 bits per heavy atom. The molecule has 2 amide bonds. The molecule has 4 rings (SSSR count). The molecular weight excluding hydrogens is 356 g/mol. The van der Waals surface area contributed by atoms with Crippen LogP contribution in [0.25, 0.3) is 0 Å². The lowest BCUT2D eigenvalue weighted by Crippen LogP contribution is -2.35. The summed E-state index contributed by atoms with van der Waals surface area (Å²) in [5.41, 5.74) is 3.45. The maximum Gasteiger partial charge on any atom is 0.284 e. The van der Waals surface area contributed by atoms with Gasteiger partial charge in [-0.1, -0.05) is 6.08 Å². The van der Waals surface area contributed by atoms with Gasteiger partial charge < -0.3 is 14.8 Å². The number of nitrogens with zero attached hydrogens (tertiary/aromatic N) is 1. The smallest absolute Gasteiger partial charge is 0.284 e. The Kier molecular flexibility index (Phi) is 5.10. The van der Waals surface area contributed by atoms with E-state index in [0.29, 0.717) is 18.1 Å². The highest BCUT2D eigenvalue weighted by Gasteiger charge is 2.34. The van der Waals surface area contributed by atoms with E-state index in [9.17, 15) is 9.59 Å². The summed E-state index contributed by atoms with van der Waals surface area (Å²) in [7, 11) is 0. The molecule has 6 nitrogen and oxygen atoms in total. The number of allylic oxidation sites excluding steroid dienone is 3. The Labute approximate surface area is 163 Å². The fraction of sp³-hybridized carbons (Fsp3) is 0.318. The van der Waals surface area contributed by atoms with Crippen LogP contribution in [0.4, 0.5) is 0 Å². The molecule has 1 aromatic carbocycles. The molecule has 0 aromatic heterocycles. The molecule has 3 aliphatic rings. The van der Waals surface area contributed by atoms with Crippen molar-refractivity contribution in [3.63, 3.8) is 0 Å². The number of benzene rings is 1. The van der Waals surface area contributed by atoms with Crippen LogP contribution in [0.1, 0.15) is 26.2 Å². The standard InChI is InChI=1S/C22H22N2O4/c1-2-27-15-7-9-16(10-8-15)28-13-21(25)23-14-6-11-18-17-4-3-5-19(17)22(26)24-20(18)12-14/h6-12,18H,2-5,13H2,1H3,(H,24,26). The summed E-state index contributed by atoms with van der Waals surface area (Å²) >= 11 is 0. The number of aliphatic imine (C=N–C) groups is 1. The molecule has 1 unspecified atom stereocenters.